The van der Waals surface area contributed by atoms with E-state index in [-0.39, 0.29) is 144 Å². The Hall–Kier alpha value is -7.75. The van der Waals surface area contributed by atoms with Crippen LogP contribution in [0.1, 0.15) is 498 Å². The number of rotatable bonds is 36. The van der Waals surface area contributed by atoms with Crippen molar-refractivity contribution in [2.75, 3.05) is 26.9 Å². The third-order valence-corrected chi connectivity index (χ3v) is 31.3. The van der Waals surface area contributed by atoms with Gasteiger partial charge < -0.3 is 62.7 Å². The molecule has 3 N–H and O–H groups in total. The number of ether oxygens (including phenoxy) is 10. The van der Waals surface area contributed by atoms with Crippen LogP contribution in [-0.4, -0.2) is 130 Å². The first kappa shape index (κ1) is 140. The highest BCUT2D eigenvalue weighted by atomic mass is 16.6. The lowest BCUT2D eigenvalue weighted by Crippen LogP contribution is -2.40. The average molecular weight is 2060 g/mol. The number of phenolic OH excluding ortho intramolecular Hbond substituents is 3. The summed E-state index contributed by atoms with van der Waals surface area (Å²) < 4.78 is 53.3. The summed E-state index contributed by atoms with van der Waals surface area (Å²) in [6, 6.07) is 21.0. The second-order valence-corrected chi connectivity index (χ2v) is 47.6. The van der Waals surface area contributed by atoms with Crippen LogP contribution in [0.4, 0.5) is 0 Å². The molecule has 10 unspecified atom stereocenters. The van der Waals surface area contributed by atoms with E-state index in [0.29, 0.717) is 48.9 Å². The predicted octanol–water partition coefficient (Wildman–Crippen LogP) is 32.3. The maximum atomic E-state index is 12.2. The van der Waals surface area contributed by atoms with Crippen molar-refractivity contribution in [2.24, 2.45) is 74.4 Å². The standard InChI is InChI=1S/C16H26O2.C14H26O2.C13H24O2.C12H16O3.C12H22O2.C11H16O.C10H20O2.C10H14O.2C9H18O2.C8H16O3/c1-4-16(2,3)15(17)18-14-9-10-8-13(14)12-7-5-6-11(10)12;1-5-13(3,4)12(15)16-14(6-2)10-8-7-9-11-14;1-5-12(3,4)11(14)15-13(6-2)9-7-8-10-13;1-4-12(2,3)11(14)15-10-7-5-9(13)6-8-10;1-4-10(3)11(13)14-12(5-2)8-6-7-9-12;1-4-11(2,3)9-5-7-10(12)8-6-9;1-7-10(5,6)8(11)12-9(2,3)4;1-3-8(2)9-4-6-10(11)7-5-9;1-6-7(2)8(10)11-9(3,4)5;1-4-6-7-11-9(10)8(3)5-2;1-4-7(2)8(9)11-6-5-10-3/h10-14H,4-9H2,1-3H3;5-11H2,1-4H3;5-10H2,1-4H3;5-8,13H,4H2,1-3H3;10H,4-9H2,1-3H3;5-8,12H,4H2,1-3H3;7H2,1-6H3;4-8,11H,3H2,1-2H3;7H,6H2,1-5H3;8H,4-7H2,1-3H3;7H,4-6H2,1-3H3. The van der Waals surface area contributed by atoms with E-state index < -0.39 is 5.41 Å². The van der Waals surface area contributed by atoms with E-state index >= 15 is 0 Å². The van der Waals surface area contributed by atoms with Gasteiger partial charge in [0.2, 0.25) is 0 Å². The van der Waals surface area contributed by atoms with Crippen molar-refractivity contribution in [1.29, 1.82) is 0 Å². The number of benzene rings is 3. The van der Waals surface area contributed by atoms with Gasteiger partial charge in [0, 0.05) is 7.11 Å². The molecule has 6 aliphatic carbocycles. The Labute approximate surface area is 889 Å². The van der Waals surface area contributed by atoms with E-state index in [2.05, 4.69) is 69.2 Å². The van der Waals surface area contributed by atoms with E-state index in [1.807, 2.05) is 218 Å². The molecule has 22 heteroatoms. The van der Waals surface area contributed by atoms with E-state index in [0.717, 1.165) is 165 Å². The van der Waals surface area contributed by atoms with Crippen LogP contribution < -0.4 is 4.74 Å². The van der Waals surface area contributed by atoms with Gasteiger partial charge in [-0.2, -0.15) is 0 Å². The highest BCUT2D eigenvalue weighted by Gasteiger charge is 2.56. The molecular formula is C124H216O22. The predicted molar refractivity (Wildman–Crippen MR) is 595 cm³/mol. The van der Waals surface area contributed by atoms with Crippen LogP contribution in [0, 0.1) is 74.4 Å². The lowest BCUT2D eigenvalue weighted by molar-refractivity contribution is -0.175. The van der Waals surface area contributed by atoms with Gasteiger partial charge in [-0.1, -0.05) is 196 Å². The third kappa shape index (κ3) is 53.3. The molecule has 10 atom stereocenters. The van der Waals surface area contributed by atoms with Crippen LogP contribution in [0.15, 0.2) is 72.8 Å². The molecule has 2 bridgehead atoms. The van der Waals surface area contributed by atoms with Crippen LogP contribution in [0.5, 0.6) is 23.0 Å². The summed E-state index contributed by atoms with van der Waals surface area (Å²) in [4.78, 5) is 104. The number of methoxy groups -OCH3 is 1. The van der Waals surface area contributed by atoms with Crippen LogP contribution in [0.3, 0.4) is 0 Å². The van der Waals surface area contributed by atoms with E-state index in [1.54, 1.807) is 43.5 Å². The van der Waals surface area contributed by atoms with Crippen molar-refractivity contribution in [3.05, 3.63) is 83.9 Å². The minimum absolute atomic E-state index is 0.00347. The third-order valence-electron chi connectivity index (χ3n) is 31.3. The molecule has 0 spiro atoms. The molecule has 6 fully saturated rings. The van der Waals surface area contributed by atoms with Gasteiger partial charge in [0.1, 0.15) is 63.7 Å². The lowest BCUT2D eigenvalue weighted by Gasteiger charge is -2.38. The molecule has 0 aliphatic heterocycles. The molecule has 9 rings (SSSR count). The highest BCUT2D eigenvalue weighted by Crippen LogP contribution is 2.60. The molecule has 0 radical (unpaired) electrons. The zero-order valence-electron chi connectivity index (χ0n) is 100.0. The number of hydrogen-bond donors (Lipinski definition) is 3. The minimum Gasteiger partial charge on any atom is -0.508 e. The van der Waals surface area contributed by atoms with Crippen molar-refractivity contribution in [1.82, 2.24) is 0 Å². The largest absolute Gasteiger partial charge is 0.508 e. The van der Waals surface area contributed by atoms with Crippen molar-refractivity contribution < 1.29 is 106 Å². The number of phenols is 3. The molecule has 0 aromatic heterocycles. The first-order valence-electron chi connectivity index (χ1n) is 56.6. The lowest BCUT2D eigenvalue weighted by atomic mass is 9.80. The van der Waals surface area contributed by atoms with Crippen molar-refractivity contribution in [2.45, 2.75) is 527 Å². The van der Waals surface area contributed by atoms with Gasteiger partial charge in [0.05, 0.1) is 64.0 Å². The molecule has 6 aliphatic rings. The number of carbonyl (C=O) groups excluding carboxylic acids is 9. The smallest absolute Gasteiger partial charge is 0.316 e. The average Bonchev–Trinajstić information content (AvgIpc) is 1.59. The Morgan fingerprint density at radius 3 is 1.07 bits per heavy atom. The zero-order valence-corrected chi connectivity index (χ0v) is 100.0. The van der Waals surface area contributed by atoms with Crippen molar-refractivity contribution in [3.8, 4) is 23.0 Å². The number of unbranched alkanes of at least 4 members (excludes halogenated alkanes) is 1. The normalized spacial score (nSPS) is 18.7. The van der Waals surface area contributed by atoms with Crippen LogP contribution >= 0.6 is 0 Å². The summed E-state index contributed by atoms with van der Waals surface area (Å²) in [5, 5.41) is 27.2. The number of carbonyl (C=O) groups is 9. The quantitative estimate of drug-likeness (QED) is 0.0211. The van der Waals surface area contributed by atoms with Crippen LogP contribution in [-0.2, 0) is 91.2 Å². The maximum absolute atomic E-state index is 12.2. The summed E-state index contributed by atoms with van der Waals surface area (Å²) in [6.07, 6.45) is 36.5. The highest BCUT2D eigenvalue weighted by molar-refractivity contribution is 5.79. The van der Waals surface area contributed by atoms with E-state index in [1.165, 1.54) is 93.9 Å². The topological polar surface area (TPSA) is 307 Å². The van der Waals surface area contributed by atoms with Gasteiger partial charge in [-0.25, -0.2) is 0 Å². The number of aromatic hydroxyl groups is 3. The molecule has 0 heterocycles. The fourth-order valence-corrected chi connectivity index (χ4v) is 16.2. The van der Waals surface area contributed by atoms with Crippen molar-refractivity contribution >= 4 is 53.7 Å². The summed E-state index contributed by atoms with van der Waals surface area (Å²) in [5.41, 5.74) is -0.121. The summed E-state index contributed by atoms with van der Waals surface area (Å²) in [5.74, 6) is 4.79. The molecule has 22 nitrogen and oxygen atoms in total. The second-order valence-electron chi connectivity index (χ2n) is 47.6. The minimum atomic E-state index is -0.474. The summed E-state index contributed by atoms with van der Waals surface area (Å²) in [7, 11) is 1.58. The summed E-state index contributed by atoms with van der Waals surface area (Å²) in [6.45, 7) is 77.1. The Balaban J connectivity index is 0. The van der Waals surface area contributed by atoms with Crippen LogP contribution in [0.25, 0.3) is 0 Å². The Bertz CT molecular complexity index is 4070. The molecule has 3 aromatic carbocycles. The van der Waals surface area contributed by atoms with Gasteiger partial charge in [0.15, 0.2) is 0 Å². The van der Waals surface area contributed by atoms with Crippen molar-refractivity contribution in [3.63, 3.8) is 0 Å². The van der Waals surface area contributed by atoms with Gasteiger partial charge in [-0.15, -0.1) is 0 Å². The zero-order chi connectivity index (χ0) is 113. The molecule has 146 heavy (non-hydrogen) atoms. The van der Waals surface area contributed by atoms with Gasteiger partial charge in [0.25, 0.3) is 0 Å². The Morgan fingerprint density at radius 2 is 0.699 bits per heavy atom. The van der Waals surface area contributed by atoms with Crippen LogP contribution in [0.2, 0.25) is 0 Å². The van der Waals surface area contributed by atoms with E-state index in [9.17, 15) is 43.2 Å². The fourth-order valence-electron chi connectivity index (χ4n) is 16.2. The SMILES string of the molecule is CCC(C)(C)C(=O)OC(C)(C)C.CCC(C)(C)C(=O)OC1CC2CC1C1CCCC21.CCC(C)(C)C(=O)Oc1ccc(O)cc1.CCC(C)(C)c1ccc(O)cc1.CCC(C)C(=O)OC(C)(C)C.CCC(C)C(=O)OC1(CC)CCCC1.CCC(C)C(=O)OCCOC.CCC(C)c1ccc(O)cc1.CCC1(OC(=O)C(C)(C)CC)CCCC1.CCC1(OC(=O)C(C)(C)CC)CCCCC1.CCCCOC(=O)C(C)CC. The molecule has 844 valence electrons. The fraction of sp³-hybridized carbons (Fsp3) is 0.782. The van der Waals surface area contributed by atoms with E-state index in [4.69, 9.17) is 62.7 Å². The Kier molecular flexibility index (Phi) is 66.2. The molecule has 3 aromatic rings. The molecule has 6 saturated carbocycles. The first-order valence-corrected chi connectivity index (χ1v) is 56.6. The number of hydrogen-bond acceptors (Lipinski definition) is 22. The van der Waals surface area contributed by atoms with Gasteiger partial charge in [-0.3, -0.25) is 43.2 Å². The molecular weight excluding hydrogens is 1840 g/mol. The monoisotopic (exact) mass is 2060 g/mol. The second kappa shape index (κ2) is 68.9. The molecule has 0 saturated heterocycles. The molecule has 0 amide bonds. The first-order chi connectivity index (χ1) is 67.8. The summed E-state index contributed by atoms with van der Waals surface area (Å²) >= 11 is 0. The maximum Gasteiger partial charge on any atom is 0.316 e. The Morgan fingerprint density at radius 1 is 0.349 bits per heavy atom. The number of esters is 9. The van der Waals surface area contributed by atoms with Gasteiger partial charge in [-0.05, 0) is 404 Å². The van der Waals surface area contributed by atoms with Gasteiger partial charge >= 0.3 is 53.7 Å². The number of fused-ring (bicyclic) bond motifs is 5.